The number of hydrogen-bond acceptors (Lipinski definition) is 3. The van der Waals surface area contributed by atoms with E-state index in [9.17, 15) is 9.59 Å². The molecule has 0 aliphatic heterocycles. The highest BCUT2D eigenvalue weighted by Crippen LogP contribution is 2.21. The fourth-order valence-electron chi connectivity index (χ4n) is 3.54. The van der Waals surface area contributed by atoms with E-state index in [1.165, 1.54) is 0 Å². The second-order valence-corrected chi connectivity index (χ2v) is 8.83. The van der Waals surface area contributed by atoms with Crippen molar-refractivity contribution in [1.82, 2.24) is 10.2 Å². The van der Waals surface area contributed by atoms with Gasteiger partial charge in [-0.05, 0) is 54.3 Å². The van der Waals surface area contributed by atoms with Gasteiger partial charge in [-0.1, -0.05) is 71.7 Å². The smallest absolute Gasteiger partial charge is 0.242 e. The highest BCUT2D eigenvalue weighted by atomic mass is 35.5. The van der Waals surface area contributed by atoms with Crippen molar-refractivity contribution in [2.45, 2.75) is 38.9 Å². The molecule has 0 aliphatic rings. The minimum Gasteiger partial charge on any atom is -0.497 e. The summed E-state index contributed by atoms with van der Waals surface area (Å²) in [6.45, 7) is 2.30. The highest BCUT2D eigenvalue weighted by Gasteiger charge is 2.26. The molecule has 0 aliphatic carbocycles. The molecule has 178 valence electrons. The Labute approximate surface area is 210 Å². The zero-order valence-corrected chi connectivity index (χ0v) is 20.8. The lowest BCUT2D eigenvalue weighted by molar-refractivity contribution is -0.140. The van der Waals surface area contributed by atoms with Crippen LogP contribution in [-0.4, -0.2) is 29.9 Å². The third-order valence-electron chi connectivity index (χ3n) is 5.62. The van der Waals surface area contributed by atoms with E-state index in [0.29, 0.717) is 29.4 Å². The van der Waals surface area contributed by atoms with Gasteiger partial charge in [-0.25, -0.2) is 0 Å². The first-order valence-electron chi connectivity index (χ1n) is 11.1. The normalized spacial score (nSPS) is 11.5. The minimum absolute atomic E-state index is 0.0909. The summed E-state index contributed by atoms with van der Waals surface area (Å²) in [6.07, 6.45) is 0.911. The van der Waals surface area contributed by atoms with E-state index in [2.05, 4.69) is 5.32 Å². The lowest BCUT2D eigenvalue weighted by Crippen LogP contribution is -2.47. The number of methoxy groups -OCH3 is 1. The Kier molecular flexibility index (Phi) is 9.37. The first-order chi connectivity index (χ1) is 16.4. The van der Waals surface area contributed by atoms with Crippen molar-refractivity contribution >= 4 is 35.0 Å². The van der Waals surface area contributed by atoms with Crippen molar-refractivity contribution in [2.75, 3.05) is 7.11 Å². The van der Waals surface area contributed by atoms with E-state index in [1.54, 1.807) is 37.1 Å². The summed E-state index contributed by atoms with van der Waals surface area (Å²) in [5.74, 6) is 0.385. The maximum absolute atomic E-state index is 13.2. The quantitative estimate of drug-likeness (QED) is 0.391. The molecule has 3 rings (SSSR count). The van der Waals surface area contributed by atoms with Crippen LogP contribution < -0.4 is 10.1 Å². The molecule has 0 fully saturated rings. The average molecular weight is 499 g/mol. The Morgan fingerprint density at radius 3 is 2.32 bits per heavy atom. The van der Waals surface area contributed by atoms with Crippen LogP contribution in [-0.2, 0) is 29.1 Å². The number of carbonyl (C=O) groups excluding carboxylic acids is 2. The van der Waals surface area contributed by atoms with Gasteiger partial charge in [0, 0.05) is 29.6 Å². The van der Waals surface area contributed by atoms with E-state index < -0.39 is 6.04 Å². The van der Waals surface area contributed by atoms with Crippen LogP contribution in [0.3, 0.4) is 0 Å². The van der Waals surface area contributed by atoms with Gasteiger partial charge < -0.3 is 15.0 Å². The average Bonchev–Trinajstić information content (AvgIpc) is 2.85. The lowest BCUT2D eigenvalue weighted by atomic mass is 10.1. The Hall–Kier alpha value is -3.02. The Balaban J connectivity index is 1.71. The number of nitrogens with one attached hydrogen (secondary N) is 1. The van der Waals surface area contributed by atoms with Crippen molar-refractivity contribution < 1.29 is 14.3 Å². The number of hydrogen-bond donors (Lipinski definition) is 1. The summed E-state index contributed by atoms with van der Waals surface area (Å²) in [6, 6.07) is 21.8. The summed E-state index contributed by atoms with van der Waals surface area (Å²) in [4.78, 5) is 27.9. The van der Waals surface area contributed by atoms with Gasteiger partial charge >= 0.3 is 0 Å². The van der Waals surface area contributed by atoms with Crippen LogP contribution in [0.5, 0.6) is 5.75 Å². The Bertz CT molecular complexity index is 1100. The number of amides is 2. The lowest BCUT2D eigenvalue weighted by Gasteiger charge is -2.29. The summed E-state index contributed by atoms with van der Waals surface area (Å²) in [7, 11) is 1.60. The summed E-state index contributed by atoms with van der Waals surface area (Å²) < 4.78 is 5.22. The van der Waals surface area contributed by atoms with E-state index in [4.69, 9.17) is 27.9 Å². The Morgan fingerprint density at radius 2 is 1.68 bits per heavy atom. The molecule has 1 N–H and O–H groups in total. The number of halogens is 2. The summed E-state index contributed by atoms with van der Waals surface area (Å²) >= 11 is 12.2. The molecular formula is C27H28Cl2N2O3. The molecule has 5 nitrogen and oxygen atoms in total. The molecule has 1 atom stereocenters. The van der Waals surface area contributed by atoms with Crippen LogP contribution in [0.15, 0.2) is 72.8 Å². The first-order valence-corrected chi connectivity index (χ1v) is 11.8. The van der Waals surface area contributed by atoms with Gasteiger partial charge in [0.05, 0.1) is 7.11 Å². The second-order valence-electron chi connectivity index (χ2n) is 7.98. The van der Waals surface area contributed by atoms with Crippen molar-refractivity contribution in [1.29, 1.82) is 0 Å². The van der Waals surface area contributed by atoms with Crippen LogP contribution in [0.2, 0.25) is 10.0 Å². The second kappa shape index (κ2) is 12.4. The van der Waals surface area contributed by atoms with E-state index in [1.807, 2.05) is 54.6 Å². The zero-order valence-electron chi connectivity index (χ0n) is 19.3. The molecule has 3 aromatic carbocycles. The molecule has 7 heteroatoms. The van der Waals surface area contributed by atoms with E-state index in [0.717, 1.165) is 22.4 Å². The van der Waals surface area contributed by atoms with Gasteiger partial charge in [0.25, 0.3) is 0 Å². The minimum atomic E-state index is -0.670. The van der Waals surface area contributed by atoms with Gasteiger partial charge in [0.2, 0.25) is 11.8 Å². The van der Waals surface area contributed by atoms with Crippen molar-refractivity contribution in [2.24, 2.45) is 0 Å². The molecule has 0 unspecified atom stereocenters. The molecule has 34 heavy (non-hydrogen) atoms. The molecule has 0 radical (unpaired) electrons. The van der Waals surface area contributed by atoms with Crippen molar-refractivity contribution in [3.8, 4) is 5.75 Å². The monoisotopic (exact) mass is 498 g/mol. The molecule has 3 aromatic rings. The maximum Gasteiger partial charge on any atom is 0.242 e. The third-order valence-corrected chi connectivity index (χ3v) is 6.20. The number of rotatable bonds is 10. The van der Waals surface area contributed by atoms with Crippen LogP contribution >= 0.6 is 23.2 Å². The zero-order chi connectivity index (χ0) is 24.5. The maximum atomic E-state index is 13.2. The molecule has 0 bridgehead atoms. The van der Waals surface area contributed by atoms with Crippen LogP contribution in [0.1, 0.15) is 30.0 Å². The molecule has 0 heterocycles. The third kappa shape index (κ3) is 7.24. The van der Waals surface area contributed by atoms with E-state index >= 15 is 0 Å². The predicted octanol–water partition coefficient (Wildman–Crippen LogP) is 5.67. The number of ether oxygens (including phenoxy) is 1. The fourth-order valence-corrected chi connectivity index (χ4v) is 4.02. The summed E-state index contributed by atoms with van der Waals surface area (Å²) in [5.41, 5.74) is 2.74. The van der Waals surface area contributed by atoms with Gasteiger partial charge in [0.15, 0.2) is 0 Å². The molecule has 0 aromatic heterocycles. The molecule has 2 amide bonds. The predicted molar refractivity (Wildman–Crippen MR) is 136 cm³/mol. The number of aryl methyl sites for hydroxylation is 1. The van der Waals surface area contributed by atoms with Crippen molar-refractivity contribution in [3.63, 3.8) is 0 Å². The standard InChI is InChI=1S/C27H28Cl2N2O3/c1-19(27(33)30-17-22-11-12-23(28)16-25(22)29)31(18-21-8-13-24(34-2)14-9-21)26(32)15-10-20-6-4-3-5-7-20/h3-9,11-14,16,19H,10,15,17-18H2,1-2H3,(H,30,33)/t19-/m0/s1. The van der Waals surface area contributed by atoms with E-state index in [-0.39, 0.29) is 18.4 Å². The van der Waals surface area contributed by atoms with Gasteiger partial charge in [-0.15, -0.1) is 0 Å². The van der Waals surface area contributed by atoms with Gasteiger partial charge in [-0.3, -0.25) is 9.59 Å². The number of nitrogens with zero attached hydrogens (tertiary/aromatic N) is 1. The number of benzene rings is 3. The number of carbonyl (C=O) groups is 2. The molecule has 0 saturated carbocycles. The fraction of sp³-hybridized carbons (Fsp3) is 0.259. The molecule has 0 spiro atoms. The van der Waals surface area contributed by atoms with Gasteiger partial charge in [0.1, 0.15) is 11.8 Å². The largest absolute Gasteiger partial charge is 0.497 e. The van der Waals surface area contributed by atoms with Crippen molar-refractivity contribution in [3.05, 3.63) is 99.5 Å². The SMILES string of the molecule is COc1ccc(CN(C(=O)CCc2ccccc2)[C@@H](C)C(=O)NCc2ccc(Cl)cc2Cl)cc1. The first kappa shape index (κ1) is 25.6. The highest BCUT2D eigenvalue weighted by molar-refractivity contribution is 6.35. The van der Waals surface area contributed by atoms with Crippen LogP contribution in [0.4, 0.5) is 0 Å². The Morgan fingerprint density at radius 1 is 0.971 bits per heavy atom. The van der Waals surface area contributed by atoms with Crippen LogP contribution in [0, 0.1) is 0 Å². The van der Waals surface area contributed by atoms with Gasteiger partial charge in [-0.2, -0.15) is 0 Å². The van der Waals surface area contributed by atoms with Crippen LogP contribution in [0.25, 0.3) is 0 Å². The summed E-state index contributed by atoms with van der Waals surface area (Å²) in [5, 5.41) is 3.90. The topological polar surface area (TPSA) is 58.6 Å². The molecular weight excluding hydrogens is 471 g/mol. The molecule has 0 saturated heterocycles.